The van der Waals surface area contributed by atoms with E-state index < -0.39 is 0 Å². The highest BCUT2D eigenvalue weighted by Gasteiger charge is 2.05. The SMILES string of the molecule is NC(=S)N/N=C(\Cn1cncn1)c1ccccc1. The lowest BCUT2D eigenvalue weighted by atomic mass is 10.1. The maximum Gasteiger partial charge on any atom is 0.184 e. The Balaban J connectivity index is 2.23. The number of thiocarbonyl (C=S) groups is 1. The van der Waals surface area contributed by atoms with Crippen molar-refractivity contribution in [2.45, 2.75) is 6.54 Å². The van der Waals surface area contributed by atoms with Gasteiger partial charge in [0.2, 0.25) is 0 Å². The van der Waals surface area contributed by atoms with Crippen molar-refractivity contribution in [3.05, 3.63) is 48.5 Å². The van der Waals surface area contributed by atoms with Gasteiger partial charge in [0.05, 0.1) is 12.3 Å². The molecule has 0 spiro atoms. The summed E-state index contributed by atoms with van der Waals surface area (Å²) in [6, 6.07) is 9.73. The van der Waals surface area contributed by atoms with Crippen LogP contribution >= 0.6 is 12.2 Å². The molecule has 0 radical (unpaired) electrons. The lowest BCUT2D eigenvalue weighted by molar-refractivity contribution is 0.718. The molecular formula is C11H12N6S. The summed E-state index contributed by atoms with van der Waals surface area (Å²) in [5.74, 6) is 0. The van der Waals surface area contributed by atoms with Crippen molar-refractivity contribution in [2.75, 3.05) is 0 Å². The van der Waals surface area contributed by atoms with E-state index in [-0.39, 0.29) is 5.11 Å². The third kappa shape index (κ3) is 3.36. The zero-order chi connectivity index (χ0) is 12.8. The summed E-state index contributed by atoms with van der Waals surface area (Å²) in [5.41, 5.74) is 9.70. The fourth-order valence-electron chi connectivity index (χ4n) is 1.41. The summed E-state index contributed by atoms with van der Waals surface area (Å²) in [7, 11) is 0. The van der Waals surface area contributed by atoms with Gasteiger partial charge in [0.15, 0.2) is 5.11 Å². The van der Waals surface area contributed by atoms with Gasteiger partial charge in [-0.25, -0.2) is 9.67 Å². The van der Waals surface area contributed by atoms with Gasteiger partial charge in [-0.3, -0.25) is 5.43 Å². The Morgan fingerprint density at radius 1 is 1.39 bits per heavy atom. The van der Waals surface area contributed by atoms with Crippen molar-refractivity contribution in [3.63, 3.8) is 0 Å². The molecule has 0 unspecified atom stereocenters. The van der Waals surface area contributed by atoms with E-state index >= 15 is 0 Å². The summed E-state index contributed by atoms with van der Waals surface area (Å²) in [6.07, 6.45) is 3.10. The van der Waals surface area contributed by atoms with E-state index in [0.29, 0.717) is 6.54 Å². The summed E-state index contributed by atoms with van der Waals surface area (Å²) < 4.78 is 1.67. The number of nitrogens with two attached hydrogens (primary N) is 1. The van der Waals surface area contributed by atoms with Crippen LogP contribution in [-0.2, 0) is 6.54 Å². The average molecular weight is 260 g/mol. The lowest BCUT2D eigenvalue weighted by Crippen LogP contribution is -2.27. The summed E-state index contributed by atoms with van der Waals surface area (Å²) in [6.45, 7) is 0.486. The van der Waals surface area contributed by atoms with E-state index in [2.05, 4.69) is 20.6 Å². The zero-order valence-electron chi connectivity index (χ0n) is 9.52. The molecule has 2 rings (SSSR count). The molecule has 2 aromatic rings. The molecule has 0 atom stereocenters. The van der Waals surface area contributed by atoms with E-state index in [0.717, 1.165) is 11.3 Å². The number of aromatic nitrogens is 3. The second-order valence-corrected chi connectivity index (χ2v) is 3.93. The first-order valence-electron chi connectivity index (χ1n) is 5.25. The van der Waals surface area contributed by atoms with Gasteiger partial charge in [-0.2, -0.15) is 10.2 Å². The van der Waals surface area contributed by atoms with Gasteiger partial charge in [0.1, 0.15) is 12.7 Å². The maximum atomic E-state index is 5.37. The number of nitrogens with one attached hydrogen (secondary N) is 1. The number of nitrogens with zero attached hydrogens (tertiary/aromatic N) is 4. The summed E-state index contributed by atoms with van der Waals surface area (Å²) >= 11 is 4.74. The zero-order valence-corrected chi connectivity index (χ0v) is 10.3. The molecule has 1 heterocycles. The molecule has 0 aliphatic carbocycles. The first-order valence-corrected chi connectivity index (χ1v) is 5.66. The molecule has 0 aliphatic rings. The van der Waals surface area contributed by atoms with E-state index in [4.69, 9.17) is 18.0 Å². The van der Waals surface area contributed by atoms with Gasteiger partial charge in [-0.05, 0) is 17.8 Å². The van der Waals surface area contributed by atoms with Gasteiger partial charge in [0, 0.05) is 0 Å². The maximum absolute atomic E-state index is 5.37. The number of hydrogen-bond acceptors (Lipinski definition) is 4. The summed E-state index contributed by atoms with van der Waals surface area (Å²) in [5, 5.41) is 8.35. The third-order valence-electron chi connectivity index (χ3n) is 2.19. The highest BCUT2D eigenvalue weighted by molar-refractivity contribution is 7.80. The fraction of sp³-hybridized carbons (Fsp3) is 0.0909. The average Bonchev–Trinajstić information content (AvgIpc) is 2.88. The monoisotopic (exact) mass is 260 g/mol. The second kappa shape index (κ2) is 5.87. The Bertz CT molecular complexity index is 534. The number of hydrazone groups is 1. The topological polar surface area (TPSA) is 81.1 Å². The predicted octanol–water partition coefficient (Wildman–Crippen LogP) is 0.516. The molecular weight excluding hydrogens is 248 g/mol. The molecule has 1 aromatic heterocycles. The van der Waals surface area contributed by atoms with Crippen molar-refractivity contribution in [1.82, 2.24) is 20.2 Å². The molecule has 0 aliphatic heterocycles. The highest BCUT2D eigenvalue weighted by Crippen LogP contribution is 2.02. The Labute approximate surface area is 110 Å². The highest BCUT2D eigenvalue weighted by atomic mass is 32.1. The lowest BCUT2D eigenvalue weighted by Gasteiger charge is -2.07. The van der Waals surface area contributed by atoms with Crippen LogP contribution in [0.25, 0.3) is 0 Å². The number of rotatable bonds is 4. The van der Waals surface area contributed by atoms with E-state index in [1.165, 1.54) is 6.33 Å². The molecule has 0 bridgehead atoms. The van der Waals surface area contributed by atoms with Crippen molar-refractivity contribution < 1.29 is 0 Å². The Kier molecular flexibility index (Phi) is 3.98. The van der Waals surface area contributed by atoms with Crippen LogP contribution < -0.4 is 11.2 Å². The largest absolute Gasteiger partial charge is 0.375 e. The smallest absolute Gasteiger partial charge is 0.184 e. The molecule has 0 saturated heterocycles. The van der Waals surface area contributed by atoms with Gasteiger partial charge >= 0.3 is 0 Å². The quantitative estimate of drug-likeness (QED) is 0.476. The van der Waals surface area contributed by atoms with Crippen molar-refractivity contribution in [1.29, 1.82) is 0 Å². The van der Waals surface area contributed by atoms with Crippen LogP contribution in [0.2, 0.25) is 0 Å². The van der Waals surface area contributed by atoms with Crippen LogP contribution in [0.4, 0.5) is 0 Å². The van der Waals surface area contributed by atoms with Crippen molar-refractivity contribution >= 4 is 23.0 Å². The normalized spacial score (nSPS) is 11.2. The van der Waals surface area contributed by atoms with Crippen LogP contribution in [0, 0.1) is 0 Å². The Morgan fingerprint density at radius 2 is 2.17 bits per heavy atom. The number of hydrogen-bond donors (Lipinski definition) is 2. The van der Waals surface area contributed by atoms with Crippen LogP contribution in [0.1, 0.15) is 5.56 Å². The molecule has 92 valence electrons. The van der Waals surface area contributed by atoms with Gasteiger partial charge in [-0.15, -0.1) is 0 Å². The molecule has 18 heavy (non-hydrogen) atoms. The van der Waals surface area contributed by atoms with Crippen molar-refractivity contribution in [2.24, 2.45) is 10.8 Å². The minimum Gasteiger partial charge on any atom is -0.375 e. The van der Waals surface area contributed by atoms with Crippen LogP contribution in [0.5, 0.6) is 0 Å². The molecule has 3 N–H and O–H groups in total. The van der Waals surface area contributed by atoms with Crippen molar-refractivity contribution in [3.8, 4) is 0 Å². The van der Waals surface area contributed by atoms with E-state index in [9.17, 15) is 0 Å². The van der Waals surface area contributed by atoms with Crippen LogP contribution in [0.15, 0.2) is 48.1 Å². The second-order valence-electron chi connectivity index (χ2n) is 3.49. The standard InChI is InChI=1S/C11H12N6S/c12-11(18)16-15-10(6-17-8-13-7-14-17)9-4-2-1-3-5-9/h1-5,7-8H,6H2,(H3,12,16,18)/b15-10+. The fourth-order valence-corrected chi connectivity index (χ4v) is 1.46. The Morgan fingerprint density at radius 3 is 2.78 bits per heavy atom. The van der Waals surface area contributed by atoms with Gasteiger partial charge in [-0.1, -0.05) is 30.3 Å². The summed E-state index contributed by atoms with van der Waals surface area (Å²) in [4.78, 5) is 3.89. The molecule has 6 nitrogen and oxygen atoms in total. The molecule has 7 heteroatoms. The Hall–Kier alpha value is -2.28. The van der Waals surface area contributed by atoms with Crippen LogP contribution in [-0.4, -0.2) is 25.6 Å². The number of benzene rings is 1. The minimum absolute atomic E-state index is 0.127. The molecule has 0 fully saturated rings. The van der Waals surface area contributed by atoms with E-state index in [1.54, 1.807) is 11.0 Å². The first kappa shape index (κ1) is 12.2. The molecule has 0 amide bonds. The third-order valence-corrected chi connectivity index (χ3v) is 2.28. The molecule has 1 aromatic carbocycles. The molecule has 0 saturated carbocycles. The first-order chi connectivity index (χ1) is 8.75. The van der Waals surface area contributed by atoms with Gasteiger partial charge in [0.25, 0.3) is 0 Å². The predicted molar refractivity (Wildman–Crippen MR) is 72.9 cm³/mol. The van der Waals surface area contributed by atoms with Gasteiger partial charge < -0.3 is 5.73 Å². The minimum atomic E-state index is 0.127. The van der Waals surface area contributed by atoms with Crippen LogP contribution in [0.3, 0.4) is 0 Å². The van der Waals surface area contributed by atoms with E-state index in [1.807, 2.05) is 30.3 Å².